The van der Waals surface area contributed by atoms with E-state index in [9.17, 15) is 0 Å². The molecule has 0 atom stereocenters. The number of rotatable bonds is 6. The van der Waals surface area contributed by atoms with Gasteiger partial charge in [0.15, 0.2) is 0 Å². The zero-order valence-electron chi connectivity index (χ0n) is 13.2. The Balaban J connectivity index is 1.70. The van der Waals surface area contributed by atoms with Gasteiger partial charge in [0.1, 0.15) is 5.82 Å². The average Bonchev–Trinajstić information content (AvgIpc) is 3.05. The molecular formula is C17H19N5O. The molecule has 0 saturated heterocycles. The number of hydrogen-bond donors (Lipinski definition) is 1. The molecule has 3 heterocycles. The summed E-state index contributed by atoms with van der Waals surface area (Å²) in [5.74, 6) is 1.49. The van der Waals surface area contributed by atoms with E-state index in [-0.39, 0.29) is 0 Å². The molecule has 6 nitrogen and oxygen atoms in total. The molecule has 0 unspecified atom stereocenters. The van der Waals surface area contributed by atoms with Crippen molar-refractivity contribution in [1.29, 1.82) is 0 Å². The normalized spacial score (nSPS) is 10.5. The van der Waals surface area contributed by atoms with E-state index in [0.717, 1.165) is 35.7 Å². The first-order chi connectivity index (χ1) is 11.3. The van der Waals surface area contributed by atoms with Crippen LogP contribution >= 0.6 is 0 Å². The molecule has 118 valence electrons. The third-order valence-corrected chi connectivity index (χ3v) is 3.61. The van der Waals surface area contributed by atoms with Crippen molar-refractivity contribution < 1.29 is 4.74 Å². The first-order valence-electron chi connectivity index (χ1n) is 7.44. The fourth-order valence-electron chi connectivity index (χ4n) is 2.39. The van der Waals surface area contributed by atoms with Crippen LogP contribution in [0.5, 0.6) is 5.88 Å². The number of methoxy groups -OCH3 is 1. The highest BCUT2D eigenvalue weighted by Gasteiger charge is 2.07. The standard InChI is InChI=1S/C17H19N5O/c1-13-12-18-5-4-15(13)19-7-9-22-10-8-21-17(22)14-3-6-20-16(11-14)23-2/h3-6,8,10-12H,7,9H2,1-2H3,(H,18,19). The molecule has 1 N–H and O–H groups in total. The molecule has 0 spiro atoms. The summed E-state index contributed by atoms with van der Waals surface area (Å²) in [5.41, 5.74) is 3.23. The zero-order valence-corrected chi connectivity index (χ0v) is 13.2. The molecule has 0 aliphatic carbocycles. The second-order valence-electron chi connectivity index (χ2n) is 5.15. The van der Waals surface area contributed by atoms with Crippen molar-refractivity contribution in [3.8, 4) is 17.3 Å². The van der Waals surface area contributed by atoms with Crippen molar-refractivity contribution in [3.63, 3.8) is 0 Å². The summed E-state index contributed by atoms with van der Waals surface area (Å²) >= 11 is 0. The molecule has 0 radical (unpaired) electrons. The molecule has 3 rings (SSSR count). The molecule has 0 aliphatic rings. The summed E-state index contributed by atoms with van der Waals surface area (Å²) in [4.78, 5) is 12.7. The summed E-state index contributed by atoms with van der Waals surface area (Å²) in [6.07, 6.45) is 9.16. The molecule has 0 aromatic carbocycles. The van der Waals surface area contributed by atoms with Crippen molar-refractivity contribution in [3.05, 3.63) is 54.7 Å². The van der Waals surface area contributed by atoms with Crippen LogP contribution in [0.2, 0.25) is 0 Å². The van der Waals surface area contributed by atoms with Crippen LogP contribution in [0.25, 0.3) is 11.4 Å². The van der Waals surface area contributed by atoms with Crippen molar-refractivity contribution in [2.24, 2.45) is 0 Å². The third kappa shape index (κ3) is 3.48. The Labute approximate surface area is 135 Å². The maximum absolute atomic E-state index is 5.18. The SMILES string of the molecule is COc1cc(-c2nccn2CCNc2ccncc2C)ccn1. The van der Waals surface area contributed by atoms with Gasteiger partial charge in [-0.3, -0.25) is 4.98 Å². The van der Waals surface area contributed by atoms with E-state index in [1.54, 1.807) is 25.7 Å². The lowest BCUT2D eigenvalue weighted by atomic mass is 10.2. The van der Waals surface area contributed by atoms with Gasteiger partial charge < -0.3 is 14.6 Å². The maximum Gasteiger partial charge on any atom is 0.213 e. The number of imidazole rings is 1. The molecule has 0 aliphatic heterocycles. The van der Waals surface area contributed by atoms with E-state index in [0.29, 0.717) is 5.88 Å². The Hall–Kier alpha value is -2.89. The third-order valence-electron chi connectivity index (χ3n) is 3.61. The number of nitrogens with zero attached hydrogens (tertiary/aromatic N) is 4. The van der Waals surface area contributed by atoms with Crippen LogP contribution in [0.4, 0.5) is 5.69 Å². The van der Waals surface area contributed by atoms with Crippen LogP contribution < -0.4 is 10.1 Å². The first-order valence-corrected chi connectivity index (χ1v) is 7.44. The Morgan fingerprint density at radius 1 is 1.17 bits per heavy atom. The van der Waals surface area contributed by atoms with Gasteiger partial charge in [0, 0.05) is 61.4 Å². The number of aromatic nitrogens is 4. The Morgan fingerprint density at radius 2 is 2.09 bits per heavy atom. The van der Waals surface area contributed by atoms with Crippen LogP contribution in [0, 0.1) is 6.92 Å². The van der Waals surface area contributed by atoms with Gasteiger partial charge in [-0.15, -0.1) is 0 Å². The molecule has 0 saturated carbocycles. The van der Waals surface area contributed by atoms with Gasteiger partial charge in [-0.2, -0.15) is 0 Å². The number of nitrogens with one attached hydrogen (secondary N) is 1. The molecule has 0 fully saturated rings. The number of ether oxygens (including phenoxy) is 1. The van der Waals surface area contributed by atoms with E-state index < -0.39 is 0 Å². The van der Waals surface area contributed by atoms with Crippen molar-refractivity contribution >= 4 is 5.69 Å². The maximum atomic E-state index is 5.18. The predicted octanol–water partition coefficient (Wildman–Crippen LogP) is 2.77. The second-order valence-corrected chi connectivity index (χ2v) is 5.15. The summed E-state index contributed by atoms with van der Waals surface area (Å²) < 4.78 is 7.29. The largest absolute Gasteiger partial charge is 0.481 e. The molecule has 3 aromatic rings. The number of hydrogen-bond acceptors (Lipinski definition) is 5. The Morgan fingerprint density at radius 3 is 2.91 bits per heavy atom. The predicted molar refractivity (Wildman–Crippen MR) is 89.5 cm³/mol. The molecule has 0 bridgehead atoms. The van der Waals surface area contributed by atoms with Crippen LogP contribution in [-0.4, -0.2) is 33.2 Å². The average molecular weight is 309 g/mol. The molecule has 3 aromatic heterocycles. The smallest absolute Gasteiger partial charge is 0.213 e. The van der Waals surface area contributed by atoms with Gasteiger partial charge in [0.05, 0.1) is 7.11 Å². The van der Waals surface area contributed by atoms with Gasteiger partial charge in [0.2, 0.25) is 5.88 Å². The van der Waals surface area contributed by atoms with Crippen molar-refractivity contribution in [2.75, 3.05) is 19.0 Å². The van der Waals surface area contributed by atoms with E-state index in [4.69, 9.17) is 4.74 Å². The van der Waals surface area contributed by atoms with E-state index >= 15 is 0 Å². The second kappa shape index (κ2) is 6.91. The van der Waals surface area contributed by atoms with Gasteiger partial charge in [0.25, 0.3) is 0 Å². The highest BCUT2D eigenvalue weighted by molar-refractivity contribution is 5.56. The highest BCUT2D eigenvalue weighted by Crippen LogP contribution is 2.20. The molecule has 23 heavy (non-hydrogen) atoms. The van der Waals surface area contributed by atoms with Crippen LogP contribution in [0.15, 0.2) is 49.2 Å². The Bertz CT molecular complexity index is 784. The minimum Gasteiger partial charge on any atom is -0.481 e. The monoisotopic (exact) mass is 309 g/mol. The molecule has 6 heteroatoms. The van der Waals surface area contributed by atoms with Crippen LogP contribution in [0.3, 0.4) is 0 Å². The summed E-state index contributed by atoms with van der Waals surface area (Å²) in [6.45, 7) is 3.65. The topological polar surface area (TPSA) is 64.9 Å². The van der Waals surface area contributed by atoms with Gasteiger partial charge in [-0.25, -0.2) is 9.97 Å². The summed E-state index contributed by atoms with van der Waals surface area (Å²) in [7, 11) is 1.61. The fourth-order valence-corrected chi connectivity index (χ4v) is 2.39. The quantitative estimate of drug-likeness (QED) is 0.758. The minimum absolute atomic E-state index is 0.586. The molecule has 0 amide bonds. The van der Waals surface area contributed by atoms with Gasteiger partial charge >= 0.3 is 0 Å². The summed E-state index contributed by atoms with van der Waals surface area (Å²) in [6, 6.07) is 5.80. The van der Waals surface area contributed by atoms with Crippen LogP contribution in [-0.2, 0) is 6.54 Å². The lowest BCUT2D eigenvalue weighted by Crippen LogP contribution is -2.11. The minimum atomic E-state index is 0.586. The van der Waals surface area contributed by atoms with E-state index in [1.807, 2.05) is 37.5 Å². The van der Waals surface area contributed by atoms with Crippen LogP contribution in [0.1, 0.15) is 5.56 Å². The number of anilines is 1. The number of pyridine rings is 2. The lowest BCUT2D eigenvalue weighted by Gasteiger charge is -2.11. The highest BCUT2D eigenvalue weighted by atomic mass is 16.5. The number of aryl methyl sites for hydroxylation is 1. The lowest BCUT2D eigenvalue weighted by molar-refractivity contribution is 0.398. The first kappa shape index (κ1) is 15.0. The fraction of sp³-hybridized carbons (Fsp3) is 0.235. The van der Waals surface area contributed by atoms with E-state index in [1.165, 1.54) is 0 Å². The van der Waals surface area contributed by atoms with Gasteiger partial charge in [-0.1, -0.05) is 0 Å². The van der Waals surface area contributed by atoms with Crippen molar-refractivity contribution in [1.82, 2.24) is 19.5 Å². The van der Waals surface area contributed by atoms with Gasteiger partial charge in [-0.05, 0) is 24.6 Å². The van der Waals surface area contributed by atoms with E-state index in [2.05, 4.69) is 24.8 Å². The summed E-state index contributed by atoms with van der Waals surface area (Å²) in [5, 5.41) is 3.43. The zero-order chi connectivity index (χ0) is 16.1. The Kier molecular flexibility index (Phi) is 4.52. The molecular weight excluding hydrogens is 290 g/mol. The van der Waals surface area contributed by atoms with Crippen molar-refractivity contribution in [2.45, 2.75) is 13.5 Å².